The van der Waals surface area contributed by atoms with Crippen LogP contribution in [-0.4, -0.2) is 88.8 Å². The molecule has 1 aromatic carbocycles. The Morgan fingerprint density at radius 2 is 1.88 bits per heavy atom. The zero-order valence-corrected chi connectivity index (χ0v) is 19.2. The number of halogens is 1. The van der Waals surface area contributed by atoms with Gasteiger partial charge in [-0.1, -0.05) is 0 Å². The molecule has 3 aromatic heterocycles. The molecule has 6 rings (SSSR count). The molecule has 2 fully saturated rings. The Morgan fingerprint density at radius 1 is 1.09 bits per heavy atom. The topological polar surface area (TPSA) is 82.0 Å². The van der Waals surface area contributed by atoms with Crippen LogP contribution in [0.15, 0.2) is 41.6 Å². The van der Waals surface area contributed by atoms with Gasteiger partial charge in [-0.2, -0.15) is 5.10 Å². The van der Waals surface area contributed by atoms with Gasteiger partial charge in [0.1, 0.15) is 0 Å². The first-order valence-electron chi connectivity index (χ1n) is 11.4. The van der Waals surface area contributed by atoms with E-state index in [2.05, 4.69) is 36.8 Å². The lowest BCUT2D eigenvalue weighted by Crippen LogP contribution is -2.63. The standard InChI is InChI=1S/C24H26FN7O2/c1-29-3-5-30(6-4-29)16-12-31(13-16)15-10-26-24-19(11-27-32(24)14-15)17-8-23(33)28-21-9-20(25)22(34-2)7-18(17)21/h7-11,14,16H,3-6,12-13H2,1-2H3,(H,28,33). The molecule has 2 aliphatic rings. The van der Waals surface area contributed by atoms with E-state index in [9.17, 15) is 9.18 Å². The first kappa shape index (κ1) is 21.1. The van der Waals surface area contributed by atoms with Gasteiger partial charge < -0.3 is 19.5 Å². The fraction of sp³-hybridized carbons (Fsp3) is 0.375. The maximum atomic E-state index is 14.2. The molecular formula is C24H26FN7O2. The fourth-order valence-corrected chi connectivity index (χ4v) is 4.94. The molecule has 2 saturated heterocycles. The smallest absolute Gasteiger partial charge is 0.249 e. The lowest BCUT2D eigenvalue weighted by molar-refractivity contribution is 0.0963. The largest absolute Gasteiger partial charge is 0.494 e. The summed E-state index contributed by atoms with van der Waals surface area (Å²) < 4.78 is 21.1. The van der Waals surface area contributed by atoms with Crippen molar-refractivity contribution in [1.29, 1.82) is 0 Å². The molecule has 2 aliphatic heterocycles. The lowest BCUT2D eigenvalue weighted by Gasteiger charge is -2.48. The fourth-order valence-electron chi connectivity index (χ4n) is 4.94. The van der Waals surface area contributed by atoms with Crippen molar-refractivity contribution in [1.82, 2.24) is 29.4 Å². The highest BCUT2D eigenvalue weighted by atomic mass is 19.1. The van der Waals surface area contributed by atoms with Gasteiger partial charge in [0.05, 0.1) is 36.9 Å². The van der Waals surface area contributed by atoms with E-state index < -0.39 is 5.82 Å². The number of hydrogen-bond acceptors (Lipinski definition) is 7. The number of benzene rings is 1. The molecule has 34 heavy (non-hydrogen) atoms. The van der Waals surface area contributed by atoms with E-state index in [1.165, 1.54) is 19.2 Å². The number of likely N-dealkylation sites (N-methyl/N-ethyl adjacent to an activating group) is 1. The van der Waals surface area contributed by atoms with Gasteiger partial charge in [-0.3, -0.25) is 9.69 Å². The van der Waals surface area contributed by atoms with E-state index in [4.69, 9.17) is 4.74 Å². The van der Waals surface area contributed by atoms with E-state index in [1.807, 2.05) is 12.4 Å². The summed E-state index contributed by atoms with van der Waals surface area (Å²) >= 11 is 0. The van der Waals surface area contributed by atoms with Crippen molar-refractivity contribution in [2.24, 2.45) is 0 Å². The predicted octanol–water partition coefficient (Wildman–Crippen LogP) is 1.82. The molecule has 9 nitrogen and oxygen atoms in total. The Morgan fingerprint density at radius 3 is 2.65 bits per heavy atom. The number of ether oxygens (including phenoxy) is 1. The number of nitrogens with one attached hydrogen (secondary N) is 1. The first-order valence-corrected chi connectivity index (χ1v) is 11.4. The van der Waals surface area contributed by atoms with Crippen LogP contribution in [0.4, 0.5) is 10.1 Å². The molecular weight excluding hydrogens is 437 g/mol. The Balaban J connectivity index is 1.30. The first-order chi connectivity index (χ1) is 16.5. The molecule has 0 aliphatic carbocycles. The van der Waals surface area contributed by atoms with Crippen LogP contribution in [0.3, 0.4) is 0 Å². The van der Waals surface area contributed by atoms with Gasteiger partial charge >= 0.3 is 0 Å². The second kappa shape index (κ2) is 8.07. The molecule has 0 unspecified atom stereocenters. The number of nitrogens with zero attached hydrogens (tertiary/aromatic N) is 6. The van der Waals surface area contributed by atoms with Gasteiger partial charge in [-0.05, 0) is 13.1 Å². The zero-order chi connectivity index (χ0) is 23.4. The second-order valence-corrected chi connectivity index (χ2v) is 9.12. The third-order valence-electron chi connectivity index (χ3n) is 7.03. The van der Waals surface area contributed by atoms with Crippen molar-refractivity contribution in [3.8, 4) is 16.9 Å². The number of piperazine rings is 1. The highest BCUT2D eigenvalue weighted by molar-refractivity contribution is 5.98. The summed E-state index contributed by atoms with van der Waals surface area (Å²) in [6.45, 7) is 6.44. The zero-order valence-electron chi connectivity index (χ0n) is 19.2. The number of anilines is 1. The SMILES string of the molecule is COc1cc2c(-c3cnn4cc(N5CC(N6CCN(C)CC6)C5)cnc34)cc(=O)[nH]c2cc1F. The minimum Gasteiger partial charge on any atom is -0.494 e. The molecule has 4 aromatic rings. The number of aromatic amines is 1. The number of rotatable bonds is 4. The molecule has 0 amide bonds. The van der Waals surface area contributed by atoms with Gasteiger partial charge in [-0.25, -0.2) is 13.9 Å². The Hall–Kier alpha value is -3.50. The van der Waals surface area contributed by atoms with Crippen molar-refractivity contribution >= 4 is 22.2 Å². The van der Waals surface area contributed by atoms with Crippen molar-refractivity contribution < 1.29 is 9.13 Å². The quantitative estimate of drug-likeness (QED) is 0.494. The van der Waals surface area contributed by atoms with E-state index in [0.717, 1.165) is 45.0 Å². The molecule has 0 bridgehead atoms. The Kier molecular flexibility index (Phi) is 5.00. The molecule has 176 valence electrons. The van der Waals surface area contributed by atoms with Gasteiger partial charge in [-0.15, -0.1) is 0 Å². The van der Waals surface area contributed by atoms with Gasteiger partial charge in [0, 0.05) is 74.0 Å². The Labute approximate surface area is 195 Å². The molecule has 0 atom stereocenters. The van der Waals surface area contributed by atoms with Crippen LogP contribution < -0.4 is 15.2 Å². The average Bonchev–Trinajstić information content (AvgIpc) is 3.21. The summed E-state index contributed by atoms with van der Waals surface area (Å²) in [7, 11) is 3.59. The lowest BCUT2D eigenvalue weighted by atomic mass is 10.0. The maximum absolute atomic E-state index is 14.2. The number of fused-ring (bicyclic) bond motifs is 2. The van der Waals surface area contributed by atoms with Crippen molar-refractivity contribution in [2.45, 2.75) is 6.04 Å². The molecule has 0 saturated carbocycles. The number of H-pyrrole nitrogens is 1. The normalized spacial score (nSPS) is 18.0. The molecule has 0 radical (unpaired) electrons. The number of pyridine rings is 1. The Bertz CT molecular complexity index is 1430. The third kappa shape index (κ3) is 3.50. The summed E-state index contributed by atoms with van der Waals surface area (Å²) in [5, 5.41) is 5.17. The van der Waals surface area contributed by atoms with E-state index in [0.29, 0.717) is 33.7 Å². The average molecular weight is 464 g/mol. The van der Waals surface area contributed by atoms with E-state index in [-0.39, 0.29) is 11.3 Å². The van der Waals surface area contributed by atoms with Gasteiger partial charge in [0.25, 0.3) is 0 Å². The summed E-state index contributed by atoms with van der Waals surface area (Å²) in [6.07, 6.45) is 5.53. The molecule has 0 spiro atoms. The van der Waals surface area contributed by atoms with Crippen LogP contribution in [0.5, 0.6) is 5.75 Å². The van der Waals surface area contributed by atoms with Crippen LogP contribution in [-0.2, 0) is 0 Å². The highest BCUT2D eigenvalue weighted by Gasteiger charge is 2.33. The van der Waals surface area contributed by atoms with Crippen LogP contribution >= 0.6 is 0 Å². The summed E-state index contributed by atoms with van der Waals surface area (Å²) in [5.41, 5.74) is 3.06. The van der Waals surface area contributed by atoms with E-state index >= 15 is 0 Å². The minimum absolute atomic E-state index is 0.111. The second-order valence-electron chi connectivity index (χ2n) is 9.12. The van der Waals surface area contributed by atoms with Crippen LogP contribution in [0.25, 0.3) is 27.7 Å². The third-order valence-corrected chi connectivity index (χ3v) is 7.03. The number of hydrogen-bond donors (Lipinski definition) is 1. The van der Waals surface area contributed by atoms with Crippen molar-refractivity contribution in [3.63, 3.8) is 0 Å². The van der Waals surface area contributed by atoms with Gasteiger partial charge in [0.15, 0.2) is 17.2 Å². The van der Waals surface area contributed by atoms with Crippen molar-refractivity contribution in [3.05, 3.63) is 53.0 Å². The van der Waals surface area contributed by atoms with Crippen LogP contribution in [0.1, 0.15) is 0 Å². The maximum Gasteiger partial charge on any atom is 0.249 e. The summed E-state index contributed by atoms with van der Waals surface area (Å²) in [6, 6.07) is 4.93. The van der Waals surface area contributed by atoms with Crippen LogP contribution in [0.2, 0.25) is 0 Å². The van der Waals surface area contributed by atoms with E-state index in [1.54, 1.807) is 16.8 Å². The summed E-state index contributed by atoms with van der Waals surface area (Å²) in [5.74, 6) is -0.421. The van der Waals surface area contributed by atoms with Gasteiger partial charge in [0.2, 0.25) is 5.56 Å². The number of aromatic nitrogens is 4. The predicted molar refractivity (Wildman–Crippen MR) is 128 cm³/mol. The molecule has 10 heteroatoms. The minimum atomic E-state index is -0.533. The monoisotopic (exact) mass is 463 g/mol. The molecule has 1 N–H and O–H groups in total. The van der Waals surface area contributed by atoms with Crippen molar-refractivity contribution in [2.75, 3.05) is 58.3 Å². The summed E-state index contributed by atoms with van der Waals surface area (Å²) in [4.78, 5) is 26.9. The number of methoxy groups -OCH3 is 1. The molecule has 5 heterocycles. The highest BCUT2D eigenvalue weighted by Crippen LogP contribution is 2.33. The van der Waals surface area contributed by atoms with Crippen LogP contribution in [0, 0.1) is 5.82 Å².